The molecule has 25 heavy (non-hydrogen) atoms. The molecule has 3 rings (SSSR count). The van der Waals surface area contributed by atoms with Crippen LogP contribution in [0.25, 0.3) is 0 Å². The van der Waals surface area contributed by atoms with Crippen molar-refractivity contribution < 1.29 is 0 Å². The molecule has 0 aromatic heterocycles. The fourth-order valence-corrected chi connectivity index (χ4v) is 8.55. The van der Waals surface area contributed by atoms with E-state index in [1.165, 1.54) is 27.9 Å². The Hall–Kier alpha value is -1.44. The monoisotopic (exact) mass is 457 g/mol. The first-order valence-corrected chi connectivity index (χ1v) is 13.2. The van der Waals surface area contributed by atoms with Crippen molar-refractivity contribution in [1.82, 2.24) is 0 Å². The lowest BCUT2D eigenvalue weighted by Crippen LogP contribution is -2.26. The molecule has 0 N–H and O–H groups in total. The molecule has 0 heterocycles. The molecule has 0 nitrogen and oxygen atoms in total. The highest BCUT2D eigenvalue weighted by Gasteiger charge is 2.43. The lowest BCUT2D eigenvalue weighted by molar-refractivity contribution is 0.844. The van der Waals surface area contributed by atoms with Crippen molar-refractivity contribution in [3.05, 3.63) is 103 Å². The maximum Gasteiger partial charge on any atom is 0.173 e. The molecule has 0 fully saturated rings. The summed E-state index contributed by atoms with van der Waals surface area (Å²) in [6.45, 7) is 3.81. The van der Waals surface area contributed by atoms with E-state index in [0.717, 1.165) is 12.8 Å². The van der Waals surface area contributed by atoms with Crippen LogP contribution in [0.15, 0.2) is 97.6 Å². The number of halogens is 1. The molecule has 0 saturated heterocycles. The van der Waals surface area contributed by atoms with Gasteiger partial charge in [-0.3, -0.25) is 0 Å². The number of hydrogen-bond donors (Lipinski definition) is 0. The van der Waals surface area contributed by atoms with E-state index >= 15 is 0 Å². The third-order valence-corrected chi connectivity index (χ3v) is 12.4. The zero-order valence-electron chi connectivity index (χ0n) is 14.3. The third kappa shape index (κ3) is 4.22. The molecule has 2 heteroatoms. The van der Waals surface area contributed by atoms with Gasteiger partial charge < -0.3 is 0 Å². The minimum atomic E-state index is -1.62. The van der Waals surface area contributed by atoms with Crippen molar-refractivity contribution in [3.63, 3.8) is 0 Å². The minimum Gasteiger partial charge on any atom is -0.103 e. The lowest BCUT2D eigenvalue weighted by Gasteiger charge is -2.20. The SMILES string of the molecule is C=CCCCc1ccc([P+](I)(c2ccccc2)c2ccccc2)cc1. The van der Waals surface area contributed by atoms with Crippen molar-refractivity contribution in [2.75, 3.05) is 0 Å². The van der Waals surface area contributed by atoms with E-state index in [-0.39, 0.29) is 0 Å². The fraction of sp³-hybridized carbons (Fsp3) is 0.130. The molecule has 0 atom stereocenters. The number of allylic oxidation sites excluding steroid dienone is 1. The second-order valence-electron chi connectivity index (χ2n) is 6.11. The van der Waals surface area contributed by atoms with Crippen LogP contribution in [0.2, 0.25) is 0 Å². The summed E-state index contributed by atoms with van der Waals surface area (Å²) in [5, 5.41) is 4.26. The normalized spacial score (nSPS) is 11.2. The Labute approximate surface area is 164 Å². The minimum absolute atomic E-state index is 1.08. The Morgan fingerprint density at radius 3 is 1.68 bits per heavy atom. The largest absolute Gasteiger partial charge is 0.173 e. The highest BCUT2D eigenvalue weighted by molar-refractivity contribution is 14.2. The maximum atomic E-state index is 3.81. The van der Waals surface area contributed by atoms with E-state index in [4.69, 9.17) is 0 Å². The predicted molar refractivity (Wildman–Crippen MR) is 122 cm³/mol. The lowest BCUT2D eigenvalue weighted by atomic mass is 10.1. The highest BCUT2D eigenvalue weighted by Crippen LogP contribution is 2.63. The predicted octanol–water partition coefficient (Wildman–Crippen LogP) is 5.84. The number of hydrogen-bond acceptors (Lipinski definition) is 0. The molecule has 0 spiro atoms. The molecule has 0 bridgehead atoms. The van der Waals surface area contributed by atoms with Crippen LogP contribution in [-0.2, 0) is 6.42 Å². The van der Waals surface area contributed by atoms with Crippen LogP contribution in [0.5, 0.6) is 0 Å². The average molecular weight is 457 g/mol. The summed E-state index contributed by atoms with van der Waals surface area (Å²) in [7, 11) is 0. The van der Waals surface area contributed by atoms with Crippen molar-refractivity contribution in [2.45, 2.75) is 19.3 Å². The van der Waals surface area contributed by atoms with Crippen molar-refractivity contribution >= 4 is 42.9 Å². The molecule has 0 saturated carbocycles. The summed E-state index contributed by atoms with van der Waals surface area (Å²) in [6.07, 6.45) is 5.37. The fourth-order valence-electron chi connectivity index (χ4n) is 3.03. The van der Waals surface area contributed by atoms with Crippen LogP contribution >= 0.6 is 26.9 Å². The second-order valence-corrected chi connectivity index (χ2v) is 13.2. The van der Waals surface area contributed by atoms with Crippen molar-refractivity contribution in [2.24, 2.45) is 0 Å². The van der Waals surface area contributed by atoms with Gasteiger partial charge in [-0.05, 0) is 61.2 Å². The smallest absolute Gasteiger partial charge is 0.103 e. The van der Waals surface area contributed by atoms with E-state index in [0.29, 0.717) is 0 Å². The Kier molecular flexibility index (Phi) is 6.45. The van der Waals surface area contributed by atoms with Crippen LogP contribution < -0.4 is 15.9 Å². The highest BCUT2D eigenvalue weighted by atomic mass is 127. The summed E-state index contributed by atoms with van der Waals surface area (Å²) in [6, 6.07) is 31.1. The molecule has 0 amide bonds. The Bertz CT molecular complexity index is 755. The molecule has 126 valence electrons. The van der Waals surface area contributed by atoms with Crippen LogP contribution in [0.3, 0.4) is 0 Å². The topological polar surface area (TPSA) is 0 Å². The van der Waals surface area contributed by atoms with Gasteiger partial charge in [-0.15, -0.1) is 6.58 Å². The van der Waals surface area contributed by atoms with Gasteiger partial charge in [0.25, 0.3) is 0 Å². The van der Waals surface area contributed by atoms with E-state index in [1.807, 2.05) is 6.08 Å². The zero-order valence-corrected chi connectivity index (χ0v) is 17.4. The van der Waals surface area contributed by atoms with E-state index in [1.54, 1.807) is 0 Å². The van der Waals surface area contributed by atoms with E-state index < -0.39 is 4.90 Å². The number of rotatable bonds is 7. The molecule has 0 radical (unpaired) electrons. The molecule has 0 aliphatic rings. The quantitative estimate of drug-likeness (QED) is 0.181. The van der Waals surface area contributed by atoms with Crippen LogP contribution in [0, 0.1) is 0 Å². The number of aryl methyl sites for hydroxylation is 1. The first-order valence-electron chi connectivity index (χ1n) is 8.65. The molecular formula is C23H23IP+. The zero-order chi connectivity index (χ0) is 17.5. The Balaban J connectivity index is 2.00. The molecular weight excluding hydrogens is 434 g/mol. The van der Waals surface area contributed by atoms with Gasteiger partial charge in [0.15, 0.2) is 26.9 Å². The van der Waals surface area contributed by atoms with E-state index in [2.05, 4.69) is 114 Å². The summed E-state index contributed by atoms with van der Waals surface area (Å²) < 4.78 is 0. The summed E-state index contributed by atoms with van der Waals surface area (Å²) in [5.74, 6) is 0. The van der Waals surface area contributed by atoms with Gasteiger partial charge in [-0.2, -0.15) is 0 Å². The molecule has 0 aliphatic carbocycles. The average Bonchev–Trinajstić information content (AvgIpc) is 2.69. The Morgan fingerprint density at radius 2 is 1.20 bits per heavy atom. The van der Waals surface area contributed by atoms with Gasteiger partial charge in [0.2, 0.25) is 0 Å². The van der Waals surface area contributed by atoms with Gasteiger partial charge in [-0.1, -0.05) is 54.6 Å². The van der Waals surface area contributed by atoms with Crippen molar-refractivity contribution in [3.8, 4) is 0 Å². The number of unbranched alkanes of at least 4 members (excludes halogenated alkanes) is 1. The summed E-state index contributed by atoms with van der Waals surface area (Å²) in [5.41, 5.74) is 1.41. The number of benzene rings is 3. The van der Waals surface area contributed by atoms with Crippen LogP contribution in [0.4, 0.5) is 0 Å². The standard InChI is InChI=1S/C23H23IP/c1-2-3-6-11-20-16-18-23(19-17-20)25(24,21-12-7-4-8-13-21)22-14-9-5-10-15-22/h2,4-5,7-10,12-19H,1,3,6,11H2/q+1. The summed E-state index contributed by atoms with van der Waals surface area (Å²) in [4.78, 5) is -1.62. The molecule has 3 aromatic carbocycles. The van der Waals surface area contributed by atoms with Crippen molar-refractivity contribution in [1.29, 1.82) is 0 Å². The first kappa shape index (κ1) is 18.4. The summed E-state index contributed by atoms with van der Waals surface area (Å²) >= 11 is 2.72. The maximum absolute atomic E-state index is 3.81. The molecule has 3 aromatic rings. The van der Waals surface area contributed by atoms with Crippen LogP contribution in [0.1, 0.15) is 18.4 Å². The second kappa shape index (κ2) is 8.78. The third-order valence-electron chi connectivity index (χ3n) is 4.39. The molecule has 0 unspecified atom stereocenters. The van der Waals surface area contributed by atoms with Gasteiger partial charge in [0, 0.05) is 0 Å². The van der Waals surface area contributed by atoms with Gasteiger partial charge in [0.1, 0.15) is 15.9 Å². The first-order chi connectivity index (χ1) is 12.2. The van der Waals surface area contributed by atoms with E-state index in [9.17, 15) is 0 Å². The Morgan fingerprint density at radius 1 is 0.720 bits per heavy atom. The van der Waals surface area contributed by atoms with Crippen LogP contribution in [-0.4, -0.2) is 0 Å². The van der Waals surface area contributed by atoms with Gasteiger partial charge >= 0.3 is 0 Å². The van der Waals surface area contributed by atoms with Gasteiger partial charge in [0.05, 0.1) is 0 Å². The molecule has 0 aliphatic heterocycles. The van der Waals surface area contributed by atoms with Gasteiger partial charge in [-0.25, -0.2) is 0 Å².